The van der Waals surface area contributed by atoms with Gasteiger partial charge in [0.15, 0.2) is 6.61 Å². The average molecular weight is 511 g/mol. The second-order valence-corrected chi connectivity index (χ2v) is 8.42. The highest BCUT2D eigenvalue weighted by atomic mass is 79.9. The van der Waals surface area contributed by atoms with Crippen LogP contribution in [0, 0.1) is 6.92 Å². The first-order chi connectivity index (χ1) is 13.4. The number of nitrogens with zero attached hydrogens (tertiary/aromatic N) is 1. The highest BCUT2D eigenvalue weighted by molar-refractivity contribution is 9.11. The van der Waals surface area contributed by atoms with Crippen LogP contribution in [0.5, 0.6) is 5.75 Å². The van der Waals surface area contributed by atoms with Gasteiger partial charge in [-0.15, -0.1) is 0 Å². The molecule has 1 amide bonds. The standard InChI is InChI=1S/C21H21Br2NO4/c1-14-10-17(22)20(18(23)11-14)27-12-15-4-6-16(7-5-15)21(26)28-13-19(25)24-8-2-3-9-24/h4-7,10-11H,2-3,8-9,12-13H2,1H3. The van der Waals surface area contributed by atoms with E-state index in [1.165, 1.54) is 0 Å². The van der Waals surface area contributed by atoms with Crippen LogP contribution in [0.15, 0.2) is 45.3 Å². The van der Waals surface area contributed by atoms with Crippen molar-refractivity contribution in [1.82, 2.24) is 4.90 Å². The summed E-state index contributed by atoms with van der Waals surface area (Å²) >= 11 is 7.02. The van der Waals surface area contributed by atoms with Gasteiger partial charge in [-0.2, -0.15) is 0 Å². The molecule has 1 fully saturated rings. The fourth-order valence-corrected chi connectivity index (χ4v) is 4.63. The molecule has 28 heavy (non-hydrogen) atoms. The van der Waals surface area contributed by atoms with Gasteiger partial charge in [0.05, 0.1) is 14.5 Å². The summed E-state index contributed by atoms with van der Waals surface area (Å²) in [5.74, 6) is 0.101. The van der Waals surface area contributed by atoms with E-state index >= 15 is 0 Å². The SMILES string of the molecule is Cc1cc(Br)c(OCc2ccc(C(=O)OCC(=O)N3CCCC3)cc2)c(Br)c1. The van der Waals surface area contributed by atoms with Crippen LogP contribution >= 0.6 is 31.9 Å². The van der Waals surface area contributed by atoms with Gasteiger partial charge >= 0.3 is 5.97 Å². The molecule has 0 N–H and O–H groups in total. The molecule has 148 valence electrons. The molecule has 1 aliphatic rings. The maximum absolute atomic E-state index is 12.1. The molecule has 7 heteroatoms. The number of aryl methyl sites for hydroxylation is 1. The second-order valence-electron chi connectivity index (χ2n) is 6.71. The molecular weight excluding hydrogens is 490 g/mol. The Hall–Kier alpha value is -1.86. The Balaban J connectivity index is 1.53. The van der Waals surface area contributed by atoms with Gasteiger partial charge in [0.1, 0.15) is 12.4 Å². The third kappa shape index (κ3) is 5.35. The maximum Gasteiger partial charge on any atom is 0.338 e. The Morgan fingerprint density at radius 2 is 1.64 bits per heavy atom. The second kappa shape index (κ2) is 9.56. The third-order valence-electron chi connectivity index (χ3n) is 4.50. The normalized spacial score (nSPS) is 13.5. The monoisotopic (exact) mass is 509 g/mol. The quantitative estimate of drug-likeness (QED) is 0.520. The minimum atomic E-state index is -0.496. The number of hydrogen-bond donors (Lipinski definition) is 0. The van der Waals surface area contributed by atoms with Gasteiger partial charge in [-0.25, -0.2) is 4.79 Å². The summed E-state index contributed by atoms with van der Waals surface area (Å²) < 4.78 is 12.8. The number of benzene rings is 2. The fraction of sp³-hybridized carbons (Fsp3) is 0.333. The molecular formula is C21H21Br2NO4. The third-order valence-corrected chi connectivity index (χ3v) is 5.68. The van der Waals surface area contributed by atoms with E-state index in [-0.39, 0.29) is 12.5 Å². The molecule has 0 atom stereocenters. The summed E-state index contributed by atoms with van der Waals surface area (Å²) in [6.45, 7) is 3.66. The van der Waals surface area contributed by atoms with E-state index in [4.69, 9.17) is 9.47 Å². The average Bonchev–Trinajstić information content (AvgIpc) is 3.20. The molecule has 0 spiro atoms. The predicted molar refractivity (Wildman–Crippen MR) is 113 cm³/mol. The van der Waals surface area contributed by atoms with Crippen LogP contribution in [0.2, 0.25) is 0 Å². The van der Waals surface area contributed by atoms with E-state index in [1.54, 1.807) is 17.0 Å². The van der Waals surface area contributed by atoms with Gasteiger partial charge in [-0.1, -0.05) is 12.1 Å². The van der Waals surface area contributed by atoms with Crippen LogP contribution in [0.3, 0.4) is 0 Å². The number of esters is 1. The molecule has 0 radical (unpaired) electrons. The van der Waals surface area contributed by atoms with Crippen LogP contribution in [0.1, 0.15) is 34.3 Å². The van der Waals surface area contributed by atoms with E-state index in [9.17, 15) is 9.59 Å². The van der Waals surface area contributed by atoms with E-state index in [2.05, 4.69) is 31.9 Å². The van der Waals surface area contributed by atoms with Crippen molar-refractivity contribution >= 4 is 43.7 Å². The summed E-state index contributed by atoms with van der Waals surface area (Å²) in [5, 5.41) is 0. The van der Waals surface area contributed by atoms with Crippen LogP contribution in [0.25, 0.3) is 0 Å². The Kier molecular flexibility index (Phi) is 7.13. The lowest BCUT2D eigenvalue weighted by atomic mass is 10.1. The number of ether oxygens (including phenoxy) is 2. The fourth-order valence-electron chi connectivity index (χ4n) is 2.99. The van der Waals surface area contributed by atoms with Gasteiger partial charge in [0.25, 0.3) is 5.91 Å². The minimum Gasteiger partial charge on any atom is -0.487 e. The van der Waals surface area contributed by atoms with Crippen molar-refractivity contribution in [1.29, 1.82) is 0 Å². The number of amides is 1. The van der Waals surface area contributed by atoms with Crippen molar-refractivity contribution in [3.05, 3.63) is 62.0 Å². The highest BCUT2D eigenvalue weighted by Gasteiger charge is 2.19. The maximum atomic E-state index is 12.1. The number of carbonyl (C=O) groups is 2. The van der Waals surface area contributed by atoms with Crippen LogP contribution in [-0.4, -0.2) is 36.5 Å². The van der Waals surface area contributed by atoms with E-state index in [0.717, 1.165) is 51.8 Å². The Morgan fingerprint density at radius 3 is 2.25 bits per heavy atom. The summed E-state index contributed by atoms with van der Waals surface area (Å²) in [6.07, 6.45) is 2.03. The Labute approximate surface area is 181 Å². The first kappa shape index (κ1) is 20.9. The molecule has 3 rings (SSSR count). The number of likely N-dealkylation sites (tertiary alicyclic amines) is 1. The number of rotatable bonds is 6. The number of halogens is 2. The molecule has 0 saturated carbocycles. The Morgan fingerprint density at radius 1 is 1.04 bits per heavy atom. The highest BCUT2D eigenvalue weighted by Crippen LogP contribution is 2.35. The zero-order valence-corrected chi connectivity index (χ0v) is 18.7. The lowest BCUT2D eigenvalue weighted by Gasteiger charge is -2.15. The van der Waals surface area contributed by atoms with Crippen molar-refractivity contribution in [2.24, 2.45) is 0 Å². The molecule has 0 bridgehead atoms. The molecule has 0 unspecified atom stereocenters. The van der Waals surface area contributed by atoms with Crippen molar-refractivity contribution in [3.8, 4) is 5.75 Å². The Bertz CT molecular complexity index is 838. The molecule has 1 aliphatic heterocycles. The molecule has 0 aliphatic carbocycles. The van der Waals surface area contributed by atoms with Crippen molar-refractivity contribution in [3.63, 3.8) is 0 Å². The first-order valence-corrected chi connectivity index (χ1v) is 10.6. The molecule has 1 saturated heterocycles. The van der Waals surface area contributed by atoms with Gasteiger partial charge in [0.2, 0.25) is 0 Å². The minimum absolute atomic E-state index is 0.134. The molecule has 0 aromatic heterocycles. The van der Waals surface area contributed by atoms with Crippen LogP contribution < -0.4 is 4.74 Å². The van der Waals surface area contributed by atoms with Crippen molar-refractivity contribution in [2.45, 2.75) is 26.4 Å². The molecule has 5 nitrogen and oxygen atoms in total. The van der Waals surface area contributed by atoms with Gasteiger partial charge in [0, 0.05) is 13.1 Å². The van der Waals surface area contributed by atoms with Gasteiger partial charge < -0.3 is 14.4 Å². The molecule has 2 aromatic rings. The predicted octanol–water partition coefficient (Wildman–Crippen LogP) is 4.88. The van der Waals surface area contributed by atoms with Crippen molar-refractivity contribution in [2.75, 3.05) is 19.7 Å². The lowest BCUT2D eigenvalue weighted by molar-refractivity contribution is -0.133. The van der Waals surface area contributed by atoms with E-state index in [1.807, 2.05) is 31.2 Å². The number of carbonyl (C=O) groups excluding carboxylic acids is 2. The summed E-state index contributed by atoms with van der Waals surface area (Å²) in [4.78, 5) is 25.8. The summed E-state index contributed by atoms with van der Waals surface area (Å²) in [6, 6.07) is 11.0. The van der Waals surface area contributed by atoms with Crippen molar-refractivity contribution < 1.29 is 19.1 Å². The lowest BCUT2D eigenvalue weighted by Crippen LogP contribution is -2.32. The summed E-state index contributed by atoms with van der Waals surface area (Å²) in [7, 11) is 0. The van der Waals surface area contributed by atoms with Crippen LogP contribution in [-0.2, 0) is 16.1 Å². The largest absolute Gasteiger partial charge is 0.487 e. The smallest absolute Gasteiger partial charge is 0.338 e. The van der Waals surface area contributed by atoms with Gasteiger partial charge in [-0.05, 0) is 87.0 Å². The molecule has 2 aromatic carbocycles. The topological polar surface area (TPSA) is 55.8 Å². The van der Waals surface area contributed by atoms with Gasteiger partial charge in [-0.3, -0.25) is 4.79 Å². The zero-order valence-electron chi connectivity index (χ0n) is 15.5. The summed E-state index contributed by atoms with van der Waals surface area (Å²) in [5.41, 5.74) is 2.46. The van der Waals surface area contributed by atoms with E-state index in [0.29, 0.717) is 12.2 Å². The first-order valence-electron chi connectivity index (χ1n) is 9.06. The molecule has 1 heterocycles. The zero-order chi connectivity index (χ0) is 20.1. The van der Waals surface area contributed by atoms with E-state index < -0.39 is 5.97 Å². The number of hydrogen-bond acceptors (Lipinski definition) is 4. The van der Waals surface area contributed by atoms with Crippen LogP contribution in [0.4, 0.5) is 0 Å².